The summed E-state index contributed by atoms with van der Waals surface area (Å²) in [6, 6.07) is 15.4. The van der Waals surface area contributed by atoms with Crippen LogP contribution in [0.3, 0.4) is 0 Å². The van der Waals surface area contributed by atoms with Gasteiger partial charge in [-0.15, -0.1) is 0 Å². The molecule has 1 aliphatic heterocycles. The molecule has 4 rings (SSSR count). The van der Waals surface area contributed by atoms with E-state index in [1.807, 2.05) is 42.5 Å². The van der Waals surface area contributed by atoms with Gasteiger partial charge in [0.15, 0.2) is 0 Å². The Labute approximate surface area is 203 Å². The second-order valence-corrected chi connectivity index (χ2v) is 8.41. The number of hydrogen-bond acceptors (Lipinski definition) is 6. The molecule has 2 heterocycles. The molecule has 9 heteroatoms. The Bertz CT molecular complexity index is 1150. The zero-order chi connectivity index (χ0) is 24.6. The van der Waals surface area contributed by atoms with Crippen molar-refractivity contribution in [1.29, 1.82) is 0 Å². The largest absolute Gasteiger partial charge is 0.480 e. The molecule has 1 fully saturated rings. The molecule has 2 amide bonds. The predicted molar refractivity (Wildman–Crippen MR) is 129 cm³/mol. The maximum atomic E-state index is 12.6. The van der Waals surface area contributed by atoms with E-state index in [-0.39, 0.29) is 12.3 Å². The summed E-state index contributed by atoms with van der Waals surface area (Å²) in [5.74, 6) is -1.60. The van der Waals surface area contributed by atoms with Crippen molar-refractivity contribution in [2.75, 3.05) is 26.2 Å². The van der Waals surface area contributed by atoms with Crippen molar-refractivity contribution in [3.05, 3.63) is 95.6 Å². The van der Waals surface area contributed by atoms with Gasteiger partial charge in [-0.1, -0.05) is 42.5 Å². The van der Waals surface area contributed by atoms with Crippen LogP contribution in [0, 0.1) is 0 Å². The van der Waals surface area contributed by atoms with E-state index in [0.717, 1.165) is 24.2 Å². The SMILES string of the molecule is O=C(N[C@@H](Cc1ccccc1)C(=O)O)c1ccc(CN2CCN(C(=O)c3cnccn3)CC2)cc1. The first-order valence-electron chi connectivity index (χ1n) is 11.4. The van der Waals surface area contributed by atoms with E-state index in [4.69, 9.17) is 0 Å². The molecule has 1 aromatic heterocycles. The Morgan fingerprint density at radius 1 is 0.914 bits per heavy atom. The van der Waals surface area contributed by atoms with Gasteiger partial charge in [0.2, 0.25) is 0 Å². The maximum absolute atomic E-state index is 12.6. The third-order valence-corrected chi connectivity index (χ3v) is 5.95. The quantitative estimate of drug-likeness (QED) is 0.513. The lowest BCUT2D eigenvalue weighted by molar-refractivity contribution is -0.139. The number of benzene rings is 2. The number of carboxylic acids is 1. The van der Waals surface area contributed by atoms with E-state index < -0.39 is 17.9 Å². The average Bonchev–Trinajstić information content (AvgIpc) is 2.90. The molecule has 0 unspecified atom stereocenters. The van der Waals surface area contributed by atoms with Crippen LogP contribution in [0.25, 0.3) is 0 Å². The Kier molecular flexibility index (Phi) is 7.79. The molecule has 1 atom stereocenters. The molecule has 1 saturated heterocycles. The summed E-state index contributed by atoms with van der Waals surface area (Å²) in [5.41, 5.74) is 2.64. The summed E-state index contributed by atoms with van der Waals surface area (Å²) in [5, 5.41) is 12.1. The first-order chi connectivity index (χ1) is 17.0. The van der Waals surface area contributed by atoms with Crippen LogP contribution in [-0.2, 0) is 17.8 Å². The first-order valence-corrected chi connectivity index (χ1v) is 11.4. The van der Waals surface area contributed by atoms with E-state index in [2.05, 4.69) is 20.2 Å². The number of carboxylic acid groups (broad SMARTS) is 1. The maximum Gasteiger partial charge on any atom is 0.326 e. The van der Waals surface area contributed by atoms with Gasteiger partial charge in [-0.25, -0.2) is 9.78 Å². The van der Waals surface area contributed by atoms with Crippen molar-refractivity contribution >= 4 is 17.8 Å². The number of nitrogens with one attached hydrogen (secondary N) is 1. The second-order valence-electron chi connectivity index (χ2n) is 8.41. The summed E-state index contributed by atoms with van der Waals surface area (Å²) < 4.78 is 0. The summed E-state index contributed by atoms with van der Waals surface area (Å²) >= 11 is 0. The lowest BCUT2D eigenvalue weighted by Crippen LogP contribution is -2.48. The molecular weight excluding hydrogens is 446 g/mol. The smallest absolute Gasteiger partial charge is 0.326 e. The second kappa shape index (κ2) is 11.3. The fourth-order valence-corrected chi connectivity index (χ4v) is 3.99. The molecule has 2 N–H and O–H groups in total. The molecule has 0 aliphatic carbocycles. The molecule has 0 saturated carbocycles. The van der Waals surface area contributed by atoms with Gasteiger partial charge in [0.25, 0.3) is 11.8 Å². The van der Waals surface area contributed by atoms with E-state index in [9.17, 15) is 19.5 Å². The average molecular weight is 474 g/mol. The summed E-state index contributed by atoms with van der Waals surface area (Å²) in [6.07, 6.45) is 4.75. The van der Waals surface area contributed by atoms with Gasteiger partial charge in [-0.2, -0.15) is 0 Å². The van der Waals surface area contributed by atoms with Gasteiger partial charge >= 0.3 is 5.97 Å². The van der Waals surface area contributed by atoms with Crippen LogP contribution in [0.1, 0.15) is 32.0 Å². The van der Waals surface area contributed by atoms with Crippen LogP contribution in [0.5, 0.6) is 0 Å². The van der Waals surface area contributed by atoms with Crippen LogP contribution in [0.2, 0.25) is 0 Å². The number of carbonyl (C=O) groups excluding carboxylic acids is 2. The zero-order valence-corrected chi connectivity index (χ0v) is 19.2. The lowest BCUT2D eigenvalue weighted by atomic mass is 10.0. The highest BCUT2D eigenvalue weighted by molar-refractivity contribution is 5.96. The number of aliphatic carboxylic acids is 1. The van der Waals surface area contributed by atoms with Crippen LogP contribution in [0.4, 0.5) is 0 Å². The van der Waals surface area contributed by atoms with Crippen LogP contribution in [-0.4, -0.2) is 74.9 Å². The van der Waals surface area contributed by atoms with Gasteiger partial charge in [0.1, 0.15) is 11.7 Å². The van der Waals surface area contributed by atoms with Crippen LogP contribution >= 0.6 is 0 Å². The van der Waals surface area contributed by atoms with E-state index >= 15 is 0 Å². The van der Waals surface area contributed by atoms with Crippen molar-refractivity contribution in [1.82, 2.24) is 25.1 Å². The van der Waals surface area contributed by atoms with Crippen molar-refractivity contribution < 1.29 is 19.5 Å². The number of hydrogen-bond donors (Lipinski definition) is 2. The summed E-state index contributed by atoms with van der Waals surface area (Å²) in [6.45, 7) is 3.37. The summed E-state index contributed by atoms with van der Waals surface area (Å²) in [7, 11) is 0. The highest BCUT2D eigenvalue weighted by atomic mass is 16.4. The molecule has 3 aromatic rings. The van der Waals surface area contributed by atoms with Gasteiger partial charge in [-0.3, -0.25) is 19.5 Å². The van der Waals surface area contributed by atoms with Gasteiger partial charge in [0.05, 0.1) is 6.20 Å². The number of piperazine rings is 1. The lowest BCUT2D eigenvalue weighted by Gasteiger charge is -2.34. The minimum Gasteiger partial charge on any atom is -0.480 e. The van der Waals surface area contributed by atoms with Crippen molar-refractivity contribution in [3.8, 4) is 0 Å². The van der Waals surface area contributed by atoms with Crippen molar-refractivity contribution in [2.24, 2.45) is 0 Å². The minimum absolute atomic E-state index is 0.111. The molecule has 0 bridgehead atoms. The molecule has 1 aliphatic rings. The highest BCUT2D eigenvalue weighted by Crippen LogP contribution is 2.12. The third-order valence-electron chi connectivity index (χ3n) is 5.95. The number of rotatable bonds is 8. The Morgan fingerprint density at radius 3 is 2.26 bits per heavy atom. The standard InChI is InChI=1S/C26H27N5O4/c32-24(29-22(26(34)35)16-19-4-2-1-3-5-19)21-8-6-20(7-9-21)18-30-12-14-31(15-13-30)25(33)23-17-27-10-11-28-23/h1-11,17,22H,12-16,18H2,(H,29,32)(H,34,35)/t22-/m0/s1. The topological polar surface area (TPSA) is 116 Å². The number of amides is 2. The van der Waals surface area contributed by atoms with Crippen LogP contribution in [0.15, 0.2) is 73.2 Å². The number of nitrogens with zero attached hydrogens (tertiary/aromatic N) is 4. The highest BCUT2D eigenvalue weighted by Gasteiger charge is 2.24. The van der Waals surface area contributed by atoms with Gasteiger partial charge in [-0.05, 0) is 23.3 Å². The van der Waals surface area contributed by atoms with Gasteiger partial charge in [0, 0.05) is 57.1 Å². The minimum atomic E-state index is -1.07. The zero-order valence-electron chi connectivity index (χ0n) is 19.2. The van der Waals surface area contributed by atoms with E-state index in [0.29, 0.717) is 30.9 Å². The van der Waals surface area contributed by atoms with E-state index in [1.165, 1.54) is 12.4 Å². The fraction of sp³-hybridized carbons (Fsp3) is 0.269. The molecule has 180 valence electrons. The Balaban J connectivity index is 1.28. The van der Waals surface area contributed by atoms with Crippen molar-refractivity contribution in [3.63, 3.8) is 0 Å². The molecule has 2 aromatic carbocycles. The van der Waals surface area contributed by atoms with Crippen LogP contribution < -0.4 is 5.32 Å². The summed E-state index contributed by atoms with van der Waals surface area (Å²) in [4.78, 5) is 48.9. The molecule has 9 nitrogen and oxygen atoms in total. The number of aromatic nitrogens is 2. The monoisotopic (exact) mass is 473 g/mol. The van der Waals surface area contributed by atoms with E-state index in [1.54, 1.807) is 23.2 Å². The molecule has 0 spiro atoms. The third kappa shape index (κ3) is 6.48. The number of carbonyl (C=O) groups is 3. The fourth-order valence-electron chi connectivity index (χ4n) is 3.99. The normalized spacial score (nSPS) is 14.8. The van der Waals surface area contributed by atoms with Crippen molar-refractivity contribution in [2.45, 2.75) is 19.0 Å². The molecule has 35 heavy (non-hydrogen) atoms. The first kappa shape index (κ1) is 24.0. The predicted octanol–water partition coefficient (Wildman–Crippen LogP) is 1.86. The molecular formula is C26H27N5O4. The Hall–Kier alpha value is -4.11. The molecule has 0 radical (unpaired) electrons. The Morgan fingerprint density at radius 2 is 1.63 bits per heavy atom. The van der Waals surface area contributed by atoms with Gasteiger partial charge < -0.3 is 15.3 Å².